The fourth-order valence-electron chi connectivity index (χ4n) is 0.992. The molecule has 1 aromatic rings. The van der Waals surface area contributed by atoms with Crippen LogP contribution in [0, 0.1) is 5.92 Å². The van der Waals surface area contributed by atoms with Gasteiger partial charge in [-0.15, -0.1) is 12.4 Å². The normalized spacial score (nSPS) is 10.0. The lowest BCUT2D eigenvalue weighted by Crippen LogP contribution is -2.09. The topological polar surface area (TPSA) is 50.1 Å². The lowest BCUT2D eigenvalue weighted by Gasteiger charge is -2.05. The minimum Gasteiger partial charge on any atom is -0.394 e. The fourth-order valence-corrected chi connectivity index (χ4v) is 0.992. The average molecular weight is 220 g/mol. The molecule has 0 saturated heterocycles. The lowest BCUT2D eigenvalue weighted by molar-refractivity contribution is 0.269. The monoisotopic (exact) mass is 219 g/mol. The molecule has 0 fully saturated rings. The molecular formula is C9H18ClN3O. The van der Waals surface area contributed by atoms with Gasteiger partial charge in [0.1, 0.15) is 5.82 Å². The van der Waals surface area contributed by atoms with E-state index in [1.54, 1.807) is 4.68 Å². The zero-order valence-electron chi connectivity index (χ0n) is 8.60. The van der Waals surface area contributed by atoms with Crippen molar-refractivity contribution in [2.75, 3.05) is 18.5 Å². The van der Waals surface area contributed by atoms with Crippen molar-refractivity contribution < 1.29 is 5.11 Å². The summed E-state index contributed by atoms with van der Waals surface area (Å²) >= 11 is 0. The minimum absolute atomic E-state index is 0. The summed E-state index contributed by atoms with van der Waals surface area (Å²) in [6.45, 7) is 5.92. The Hall–Kier alpha value is -0.740. The number of aliphatic hydroxyl groups is 1. The van der Waals surface area contributed by atoms with Crippen LogP contribution in [0.3, 0.4) is 0 Å². The number of nitrogens with zero attached hydrogens (tertiary/aromatic N) is 2. The summed E-state index contributed by atoms with van der Waals surface area (Å²) in [4.78, 5) is 0. The predicted molar refractivity (Wildman–Crippen MR) is 59.9 cm³/mol. The van der Waals surface area contributed by atoms with E-state index in [1.807, 2.05) is 12.3 Å². The highest BCUT2D eigenvalue weighted by Crippen LogP contribution is 2.03. The molecule has 82 valence electrons. The molecule has 0 unspecified atom stereocenters. The first-order valence-corrected chi connectivity index (χ1v) is 4.60. The molecule has 0 radical (unpaired) electrons. The maximum Gasteiger partial charge on any atom is 0.147 e. The van der Waals surface area contributed by atoms with Gasteiger partial charge < -0.3 is 10.4 Å². The average Bonchev–Trinajstić information content (AvgIpc) is 2.50. The van der Waals surface area contributed by atoms with E-state index < -0.39 is 0 Å². The highest BCUT2D eigenvalue weighted by Gasteiger charge is 1.98. The third-order valence-electron chi connectivity index (χ3n) is 1.66. The molecule has 0 spiro atoms. The Morgan fingerprint density at radius 3 is 2.86 bits per heavy atom. The van der Waals surface area contributed by atoms with Gasteiger partial charge in [-0.2, -0.15) is 5.10 Å². The minimum atomic E-state index is 0. The van der Waals surface area contributed by atoms with Crippen molar-refractivity contribution >= 4 is 18.2 Å². The first kappa shape index (κ1) is 13.3. The van der Waals surface area contributed by atoms with Gasteiger partial charge in [0.25, 0.3) is 0 Å². The molecule has 0 saturated carbocycles. The SMILES string of the molecule is CC(C)CNc1ccn(CCO)n1.Cl. The smallest absolute Gasteiger partial charge is 0.147 e. The van der Waals surface area contributed by atoms with E-state index in [4.69, 9.17) is 5.11 Å². The van der Waals surface area contributed by atoms with Crippen molar-refractivity contribution in [2.45, 2.75) is 20.4 Å². The largest absolute Gasteiger partial charge is 0.394 e. The van der Waals surface area contributed by atoms with Crippen LogP contribution in [0.15, 0.2) is 12.3 Å². The summed E-state index contributed by atoms with van der Waals surface area (Å²) in [6.07, 6.45) is 1.86. The molecule has 0 aliphatic rings. The molecule has 4 nitrogen and oxygen atoms in total. The van der Waals surface area contributed by atoms with Crippen LogP contribution < -0.4 is 5.32 Å². The summed E-state index contributed by atoms with van der Waals surface area (Å²) < 4.78 is 1.72. The zero-order valence-corrected chi connectivity index (χ0v) is 9.42. The van der Waals surface area contributed by atoms with Gasteiger partial charge in [-0.05, 0) is 5.92 Å². The molecule has 1 aromatic heterocycles. The van der Waals surface area contributed by atoms with Crippen LogP contribution in [-0.4, -0.2) is 28.0 Å². The highest BCUT2D eigenvalue weighted by molar-refractivity contribution is 5.85. The third kappa shape index (κ3) is 4.48. The number of halogens is 1. The number of aromatic nitrogens is 2. The van der Waals surface area contributed by atoms with Crippen LogP contribution in [-0.2, 0) is 6.54 Å². The summed E-state index contributed by atoms with van der Waals surface area (Å²) in [5.74, 6) is 1.49. The number of nitrogens with one attached hydrogen (secondary N) is 1. The van der Waals surface area contributed by atoms with Gasteiger partial charge in [0, 0.05) is 18.8 Å². The Kier molecular flexibility index (Phi) is 6.32. The van der Waals surface area contributed by atoms with Crippen LogP contribution in [0.5, 0.6) is 0 Å². The van der Waals surface area contributed by atoms with E-state index in [1.165, 1.54) is 0 Å². The molecule has 5 heteroatoms. The van der Waals surface area contributed by atoms with Gasteiger partial charge in [0.2, 0.25) is 0 Å². The first-order valence-electron chi connectivity index (χ1n) is 4.60. The standard InChI is InChI=1S/C9H17N3O.ClH/c1-8(2)7-10-9-3-4-12(11-9)5-6-13;/h3-4,8,13H,5-7H2,1-2H3,(H,10,11);1H. The van der Waals surface area contributed by atoms with E-state index in [0.717, 1.165) is 12.4 Å². The Balaban J connectivity index is 0.00000169. The second kappa shape index (κ2) is 6.68. The maximum absolute atomic E-state index is 8.67. The van der Waals surface area contributed by atoms with Crippen molar-refractivity contribution in [2.24, 2.45) is 5.92 Å². The summed E-state index contributed by atoms with van der Waals surface area (Å²) in [5, 5.41) is 16.1. The molecule has 1 rings (SSSR count). The molecule has 0 aromatic carbocycles. The highest BCUT2D eigenvalue weighted by atomic mass is 35.5. The van der Waals surface area contributed by atoms with Gasteiger partial charge in [0.15, 0.2) is 0 Å². The van der Waals surface area contributed by atoms with Crippen LogP contribution in [0.25, 0.3) is 0 Å². The van der Waals surface area contributed by atoms with Gasteiger partial charge in [0.05, 0.1) is 13.2 Å². The van der Waals surface area contributed by atoms with Crippen LogP contribution >= 0.6 is 12.4 Å². The molecule has 0 atom stereocenters. The summed E-state index contributed by atoms with van der Waals surface area (Å²) in [7, 11) is 0. The lowest BCUT2D eigenvalue weighted by atomic mass is 10.2. The molecule has 0 bridgehead atoms. The number of anilines is 1. The predicted octanol–water partition coefficient (Wildman–Crippen LogP) is 1.37. The van der Waals surface area contributed by atoms with E-state index >= 15 is 0 Å². The molecular weight excluding hydrogens is 202 g/mol. The quantitative estimate of drug-likeness (QED) is 0.787. The van der Waals surface area contributed by atoms with Crippen molar-refractivity contribution in [1.29, 1.82) is 0 Å². The van der Waals surface area contributed by atoms with E-state index in [2.05, 4.69) is 24.3 Å². The van der Waals surface area contributed by atoms with Gasteiger partial charge >= 0.3 is 0 Å². The molecule has 2 N–H and O–H groups in total. The Morgan fingerprint density at radius 1 is 1.57 bits per heavy atom. The van der Waals surface area contributed by atoms with Crippen LogP contribution in [0.2, 0.25) is 0 Å². The van der Waals surface area contributed by atoms with E-state index in [9.17, 15) is 0 Å². The molecule has 1 heterocycles. The van der Waals surface area contributed by atoms with Crippen molar-refractivity contribution in [3.63, 3.8) is 0 Å². The molecule has 0 aliphatic heterocycles. The summed E-state index contributed by atoms with van der Waals surface area (Å²) in [5.41, 5.74) is 0. The second-order valence-corrected chi connectivity index (χ2v) is 3.46. The fraction of sp³-hybridized carbons (Fsp3) is 0.667. The van der Waals surface area contributed by atoms with Crippen LogP contribution in [0.1, 0.15) is 13.8 Å². The van der Waals surface area contributed by atoms with Crippen molar-refractivity contribution in [3.8, 4) is 0 Å². The van der Waals surface area contributed by atoms with Gasteiger partial charge in [-0.3, -0.25) is 4.68 Å². The maximum atomic E-state index is 8.67. The molecule has 0 amide bonds. The number of hydrogen-bond acceptors (Lipinski definition) is 3. The second-order valence-electron chi connectivity index (χ2n) is 3.46. The van der Waals surface area contributed by atoms with Crippen LogP contribution in [0.4, 0.5) is 5.82 Å². The van der Waals surface area contributed by atoms with E-state index in [0.29, 0.717) is 12.5 Å². The Labute approximate surface area is 90.7 Å². The van der Waals surface area contributed by atoms with Crippen molar-refractivity contribution in [1.82, 2.24) is 9.78 Å². The van der Waals surface area contributed by atoms with Crippen molar-refractivity contribution in [3.05, 3.63) is 12.3 Å². The first-order chi connectivity index (χ1) is 6.22. The molecule has 14 heavy (non-hydrogen) atoms. The Bertz CT molecular complexity index is 250. The summed E-state index contributed by atoms with van der Waals surface area (Å²) in [6, 6.07) is 1.91. The van der Waals surface area contributed by atoms with E-state index in [-0.39, 0.29) is 19.0 Å². The Morgan fingerprint density at radius 2 is 2.29 bits per heavy atom. The number of rotatable bonds is 5. The van der Waals surface area contributed by atoms with Gasteiger partial charge in [-0.1, -0.05) is 13.8 Å². The number of hydrogen-bond donors (Lipinski definition) is 2. The van der Waals surface area contributed by atoms with Gasteiger partial charge in [-0.25, -0.2) is 0 Å². The molecule has 0 aliphatic carbocycles. The number of aliphatic hydroxyl groups excluding tert-OH is 1. The zero-order chi connectivity index (χ0) is 9.68. The third-order valence-corrected chi connectivity index (χ3v) is 1.66.